The summed E-state index contributed by atoms with van der Waals surface area (Å²) in [5.74, 6) is -0.124. The minimum Gasteiger partial charge on any atom is -0.353 e. The maximum atomic E-state index is 12.3. The molecular formula is C20H22N4O4. The average molecular weight is 382 g/mol. The predicted molar refractivity (Wildman–Crippen MR) is 105 cm³/mol. The molecule has 2 aromatic rings. The van der Waals surface area contributed by atoms with E-state index >= 15 is 0 Å². The first-order valence-electron chi connectivity index (χ1n) is 9.15. The van der Waals surface area contributed by atoms with Gasteiger partial charge in [-0.2, -0.15) is 0 Å². The fourth-order valence-electron chi connectivity index (χ4n) is 3.15. The van der Waals surface area contributed by atoms with Gasteiger partial charge in [0.25, 0.3) is 5.69 Å². The maximum Gasteiger partial charge on any atom is 0.321 e. The van der Waals surface area contributed by atoms with Gasteiger partial charge in [-0.3, -0.25) is 14.9 Å². The number of benzene rings is 2. The van der Waals surface area contributed by atoms with Crippen LogP contribution >= 0.6 is 0 Å². The zero-order valence-electron chi connectivity index (χ0n) is 15.3. The van der Waals surface area contributed by atoms with Gasteiger partial charge in [-0.25, -0.2) is 4.79 Å². The normalized spacial score (nSPS) is 14.4. The number of nitro groups is 1. The van der Waals surface area contributed by atoms with Gasteiger partial charge in [0.1, 0.15) is 0 Å². The third kappa shape index (κ3) is 5.29. The van der Waals surface area contributed by atoms with Gasteiger partial charge >= 0.3 is 6.03 Å². The van der Waals surface area contributed by atoms with Crippen molar-refractivity contribution in [1.29, 1.82) is 0 Å². The molecule has 1 fully saturated rings. The first-order valence-corrected chi connectivity index (χ1v) is 9.15. The molecule has 1 heterocycles. The predicted octanol–water partition coefficient (Wildman–Crippen LogP) is 2.95. The van der Waals surface area contributed by atoms with Crippen molar-refractivity contribution in [3.63, 3.8) is 0 Å². The van der Waals surface area contributed by atoms with Crippen LogP contribution in [0.25, 0.3) is 0 Å². The van der Waals surface area contributed by atoms with E-state index in [-0.39, 0.29) is 30.1 Å². The molecule has 1 aliphatic rings. The highest BCUT2D eigenvalue weighted by Gasteiger charge is 2.24. The molecule has 8 heteroatoms. The number of likely N-dealkylation sites (tertiary alicyclic amines) is 1. The summed E-state index contributed by atoms with van der Waals surface area (Å²) in [4.78, 5) is 36.5. The van der Waals surface area contributed by atoms with E-state index in [1.165, 1.54) is 12.1 Å². The molecule has 2 aromatic carbocycles. The zero-order chi connectivity index (χ0) is 19.9. The number of nitrogens with one attached hydrogen (secondary N) is 2. The lowest BCUT2D eigenvalue weighted by molar-refractivity contribution is -0.384. The molecule has 28 heavy (non-hydrogen) atoms. The van der Waals surface area contributed by atoms with Gasteiger partial charge < -0.3 is 15.5 Å². The number of nitrogens with zero attached hydrogens (tertiary/aromatic N) is 2. The van der Waals surface area contributed by atoms with Crippen LogP contribution in [-0.4, -0.2) is 40.9 Å². The summed E-state index contributed by atoms with van der Waals surface area (Å²) in [5, 5.41) is 16.5. The van der Waals surface area contributed by atoms with Gasteiger partial charge in [0, 0.05) is 37.0 Å². The van der Waals surface area contributed by atoms with E-state index in [1.54, 1.807) is 17.0 Å². The van der Waals surface area contributed by atoms with Crippen LogP contribution in [0, 0.1) is 10.1 Å². The Morgan fingerprint density at radius 1 is 1.04 bits per heavy atom. The Bertz CT molecular complexity index is 831. The van der Waals surface area contributed by atoms with Crippen molar-refractivity contribution in [2.24, 2.45) is 0 Å². The van der Waals surface area contributed by atoms with Crippen LogP contribution in [0.1, 0.15) is 18.4 Å². The van der Waals surface area contributed by atoms with E-state index in [4.69, 9.17) is 0 Å². The first kappa shape index (κ1) is 19.3. The maximum absolute atomic E-state index is 12.3. The Morgan fingerprint density at radius 2 is 1.68 bits per heavy atom. The SMILES string of the molecule is O=C(Cc1ccc([N+](=O)[O-])cc1)NC1CCN(C(=O)Nc2ccccc2)CC1. The summed E-state index contributed by atoms with van der Waals surface area (Å²) in [6, 6.07) is 15.1. The monoisotopic (exact) mass is 382 g/mol. The second kappa shape index (κ2) is 8.98. The lowest BCUT2D eigenvalue weighted by Crippen LogP contribution is -2.48. The fourth-order valence-corrected chi connectivity index (χ4v) is 3.15. The van der Waals surface area contributed by atoms with E-state index in [9.17, 15) is 19.7 Å². The van der Waals surface area contributed by atoms with Crippen LogP contribution in [-0.2, 0) is 11.2 Å². The number of piperidine rings is 1. The molecule has 0 radical (unpaired) electrons. The molecule has 8 nitrogen and oxygen atoms in total. The zero-order valence-corrected chi connectivity index (χ0v) is 15.3. The van der Waals surface area contributed by atoms with Crippen molar-refractivity contribution in [2.45, 2.75) is 25.3 Å². The lowest BCUT2D eigenvalue weighted by Gasteiger charge is -2.32. The van der Waals surface area contributed by atoms with E-state index in [0.717, 1.165) is 11.3 Å². The number of rotatable bonds is 5. The van der Waals surface area contributed by atoms with E-state index in [1.807, 2.05) is 30.3 Å². The number of nitro benzene ring substituents is 1. The van der Waals surface area contributed by atoms with Gasteiger partial charge in [-0.05, 0) is 30.5 Å². The van der Waals surface area contributed by atoms with Crippen LogP contribution in [0.3, 0.4) is 0 Å². The molecule has 0 saturated carbocycles. The lowest BCUT2D eigenvalue weighted by atomic mass is 10.0. The molecule has 0 unspecified atom stereocenters. The molecule has 3 amide bonds. The minimum absolute atomic E-state index is 0.00492. The summed E-state index contributed by atoms with van der Waals surface area (Å²) in [6.45, 7) is 1.14. The molecule has 0 atom stereocenters. The molecule has 2 N–H and O–H groups in total. The summed E-state index contributed by atoms with van der Waals surface area (Å²) < 4.78 is 0. The summed E-state index contributed by atoms with van der Waals surface area (Å²) in [5.41, 5.74) is 1.49. The number of carbonyl (C=O) groups excluding carboxylic acids is 2. The second-order valence-electron chi connectivity index (χ2n) is 6.73. The van der Waals surface area contributed by atoms with E-state index < -0.39 is 4.92 Å². The summed E-state index contributed by atoms with van der Waals surface area (Å²) in [6.07, 6.45) is 1.55. The average Bonchev–Trinajstić information content (AvgIpc) is 2.69. The Balaban J connectivity index is 1.42. The molecule has 146 valence electrons. The Hall–Kier alpha value is -3.42. The number of hydrogen-bond donors (Lipinski definition) is 2. The highest BCUT2D eigenvalue weighted by Crippen LogP contribution is 2.15. The minimum atomic E-state index is -0.467. The van der Waals surface area contributed by atoms with Crippen molar-refractivity contribution >= 4 is 23.3 Å². The summed E-state index contributed by atoms with van der Waals surface area (Å²) >= 11 is 0. The third-order valence-corrected chi connectivity index (χ3v) is 4.68. The van der Waals surface area contributed by atoms with Gasteiger partial charge in [0.15, 0.2) is 0 Å². The number of urea groups is 1. The first-order chi connectivity index (χ1) is 13.5. The number of carbonyl (C=O) groups is 2. The van der Waals surface area contributed by atoms with Gasteiger partial charge in [-0.15, -0.1) is 0 Å². The van der Waals surface area contributed by atoms with E-state index in [2.05, 4.69) is 10.6 Å². The van der Waals surface area contributed by atoms with Crippen molar-refractivity contribution in [1.82, 2.24) is 10.2 Å². The van der Waals surface area contributed by atoms with Crippen molar-refractivity contribution in [3.05, 3.63) is 70.3 Å². The largest absolute Gasteiger partial charge is 0.353 e. The molecule has 1 saturated heterocycles. The molecular weight excluding hydrogens is 360 g/mol. The molecule has 1 aliphatic heterocycles. The van der Waals surface area contributed by atoms with Crippen molar-refractivity contribution in [2.75, 3.05) is 18.4 Å². The number of non-ortho nitro benzene ring substituents is 1. The van der Waals surface area contributed by atoms with Crippen LogP contribution in [0.2, 0.25) is 0 Å². The summed E-state index contributed by atoms with van der Waals surface area (Å²) in [7, 11) is 0. The Kier molecular flexibility index (Phi) is 6.21. The highest BCUT2D eigenvalue weighted by atomic mass is 16.6. The topological polar surface area (TPSA) is 105 Å². The highest BCUT2D eigenvalue weighted by molar-refractivity contribution is 5.89. The standard InChI is InChI=1S/C20H22N4O4/c25-19(14-15-6-8-18(9-7-15)24(27)28)21-17-10-12-23(13-11-17)20(26)22-16-4-2-1-3-5-16/h1-9,17H,10-14H2,(H,21,25)(H,22,26). The smallest absolute Gasteiger partial charge is 0.321 e. The molecule has 0 aromatic heterocycles. The molecule has 0 spiro atoms. The van der Waals surface area contributed by atoms with Gasteiger partial charge in [0.05, 0.1) is 11.3 Å². The van der Waals surface area contributed by atoms with Gasteiger partial charge in [-0.1, -0.05) is 30.3 Å². The second-order valence-corrected chi connectivity index (χ2v) is 6.73. The molecule has 3 rings (SSSR count). The van der Waals surface area contributed by atoms with Crippen LogP contribution < -0.4 is 10.6 Å². The number of amides is 3. The van der Waals surface area contributed by atoms with E-state index in [0.29, 0.717) is 25.9 Å². The number of anilines is 1. The van der Waals surface area contributed by atoms with Crippen LogP contribution in [0.5, 0.6) is 0 Å². The van der Waals surface area contributed by atoms with Crippen molar-refractivity contribution < 1.29 is 14.5 Å². The quantitative estimate of drug-likeness (QED) is 0.613. The van der Waals surface area contributed by atoms with Crippen LogP contribution in [0.4, 0.5) is 16.2 Å². The molecule has 0 aliphatic carbocycles. The van der Waals surface area contributed by atoms with Gasteiger partial charge in [0.2, 0.25) is 5.91 Å². The Labute approximate surface area is 162 Å². The number of hydrogen-bond acceptors (Lipinski definition) is 4. The number of para-hydroxylation sites is 1. The molecule has 0 bridgehead atoms. The third-order valence-electron chi connectivity index (χ3n) is 4.68. The fraction of sp³-hybridized carbons (Fsp3) is 0.300. The van der Waals surface area contributed by atoms with Crippen LogP contribution in [0.15, 0.2) is 54.6 Å². The Morgan fingerprint density at radius 3 is 2.29 bits per heavy atom. The van der Waals surface area contributed by atoms with Crippen molar-refractivity contribution in [3.8, 4) is 0 Å².